The lowest BCUT2D eigenvalue weighted by molar-refractivity contribution is -0.137. The SMILES string of the molecule is O=C(N/N=C/c1ccc(C(F)(F)F)cc1)c1ccccc1. The van der Waals surface area contributed by atoms with Gasteiger partial charge in [0.25, 0.3) is 5.91 Å². The van der Waals surface area contributed by atoms with Gasteiger partial charge in [-0.25, -0.2) is 5.43 Å². The molecule has 2 aromatic carbocycles. The van der Waals surface area contributed by atoms with Gasteiger partial charge in [0, 0.05) is 5.56 Å². The Morgan fingerprint density at radius 3 is 2.19 bits per heavy atom. The number of amides is 1. The third-order valence-corrected chi connectivity index (χ3v) is 2.65. The monoisotopic (exact) mass is 292 g/mol. The van der Waals surface area contributed by atoms with Gasteiger partial charge < -0.3 is 0 Å². The molecule has 3 nitrogen and oxygen atoms in total. The van der Waals surface area contributed by atoms with Crippen LogP contribution in [0.1, 0.15) is 21.5 Å². The van der Waals surface area contributed by atoms with Gasteiger partial charge in [0.15, 0.2) is 0 Å². The van der Waals surface area contributed by atoms with E-state index < -0.39 is 17.6 Å². The number of hydrogen-bond donors (Lipinski definition) is 1. The highest BCUT2D eigenvalue weighted by atomic mass is 19.4. The minimum Gasteiger partial charge on any atom is -0.267 e. The average molecular weight is 292 g/mol. The van der Waals surface area contributed by atoms with Crippen LogP contribution in [-0.2, 0) is 6.18 Å². The Labute approximate surface area is 119 Å². The van der Waals surface area contributed by atoms with Gasteiger partial charge in [0.1, 0.15) is 0 Å². The molecule has 1 amide bonds. The summed E-state index contributed by atoms with van der Waals surface area (Å²) in [5.74, 6) is -0.390. The smallest absolute Gasteiger partial charge is 0.267 e. The fraction of sp³-hybridized carbons (Fsp3) is 0.0667. The number of nitrogens with one attached hydrogen (secondary N) is 1. The molecule has 0 unspecified atom stereocenters. The van der Waals surface area contributed by atoms with E-state index in [2.05, 4.69) is 10.5 Å². The van der Waals surface area contributed by atoms with Gasteiger partial charge in [0.05, 0.1) is 11.8 Å². The molecule has 0 aliphatic rings. The first-order valence-corrected chi connectivity index (χ1v) is 6.02. The number of nitrogens with zero attached hydrogens (tertiary/aromatic N) is 1. The Hall–Kier alpha value is -2.63. The number of halogens is 3. The van der Waals surface area contributed by atoms with Crippen LogP contribution in [0.3, 0.4) is 0 Å². The van der Waals surface area contributed by atoms with Gasteiger partial charge in [-0.2, -0.15) is 18.3 Å². The fourth-order valence-corrected chi connectivity index (χ4v) is 1.58. The lowest BCUT2D eigenvalue weighted by atomic mass is 10.1. The van der Waals surface area contributed by atoms with Crippen molar-refractivity contribution in [2.45, 2.75) is 6.18 Å². The van der Waals surface area contributed by atoms with Crippen molar-refractivity contribution in [3.8, 4) is 0 Å². The molecular weight excluding hydrogens is 281 g/mol. The topological polar surface area (TPSA) is 41.5 Å². The molecule has 0 bridgehead atoms. The normalized spacial score (nSPS) is 11.6. The summed E-state index contributed by atoms with van der Waals surface area (Å²) in [6, 6.07) is 12.9. The minimum atomic E-state index is -4.36. The highest BCUT2D eigenvalue weighted by Gasteiger charge is 2.29. The number of carbonyl (C=O) groups excluding carboxylic acids is 1. The first-order valence-electron chi connectivity index (χ1n) is 6.02. The third-order valence-electron chi connectivity index (χ3n) is 2.65. The molecule has 2 aromatic rings. The van der Waals surface area contributed by atoms with E-state index in [0.29, 0.717) is 11.1 Å². The van der Waals surface area contributed by atoms with Crippen LogP contribution in [0, 0.1) is 0 Å². The molecule has 0 spiro atoms. The summed E-state index contributed by atoms with van der Waals surface area (Å²) in [5.41, 5.74) is 2.47. The zero-order chi connectivity index (χ0) is 15.3. The van der Waals surface area contributed by atoms with Crippen molar-refractivity contribution in [2.75, 3.05) is 0 Å². The van der Waals surface area contributed by atoms with Crippen molar-refractivity contribution >= 4 is 12.1 Å². The van der Waals surface area contributed by atoms with Gasteiger partial charge in [-0.05, 0) is 29.8 Å². The van der Waals surface area contributed by atoms with Crippen LogP contribution in [0.4, 0.5) is 13.2 Å². The first kappa shape index (κ1) is 14.8. The van der Waals surface area contributed by atoms with E-state index in [4.69, 9.17) is 0 Å². The fourth-order valence-electron chi connectivity index (χ4n) is 1.58. The van der Waals surface area contributed by atoms with Crippen LogP contribution in [0.5, 0.6) is 0 Å². The number of hydrazone groups is 1. The standard InChI is InChI=1S/C15H11F3N2O/c16-15(17,18)13-8-6-11(7-9-13)10-19-20-14(21)12-4-2-1-3-5-12/h1-10H,(H,20,21)/b19-10+. The predicted octanol–water partition coefficient (Wildman–Crippen LogP) is 3.47. The zero-order valence-corrected chi connectivity index (χ0v) is 10.8. The molecule has 0 heterocycles. The molecule has 21 heavy (non-hydrogen) atoms. The molecule has 0 saturated carbocycles. The lowest BCUT2D eigenvalue weighted by Gasteiger charge is -2.05. The molecular formula is C15H11F3N2O. The lowest BCUT2D eigenvalue weighted by Crippen LogP contribution is -2.17. The van der Waals surface area contributed by atoms with Crippen LogP contribution < -0.4 is 5.43 Å². The summed E-state index contributed by atoms with van der Waals surface area (Å²) in [6.07, 6.45) is -3.09. The molecule has 6 heteroatoms. The van der Waals surface area contributed by atoms with Crippen molar-refractivity contribution in [2.24, 2.45) is 5.10 Å². The van der Waals surface area contributed by atoms with E-state index >= 15 is 0 Å². The molecule has 0 aliphatic carbocycles. The summed E-state index contributed by atoms with van der Waals surface area (Å²) >= 11 is 0. The molecule has 0 radical (unpaired) electrons. The number of hydrogen-bond acceptors (Lipinski definition) is 2. The highest BCUT2D eigenvalue weighted by molar-refractivity contribution is 5.94. The molecule has 0 aliphatic heterocycles. The van der Waals surface area contributed by atoms with Crippen molar-refractivity contribution in [1.82, 2.24) is 5.43 Å². The third kappa shape index (κ3) is 4.17. The van der Waals surface area contributed by atoms with E-state index in [1.807, 2.05) is 0 Å². The van der Waals surface area contributed by atoms with Crippen LogP contribution in [0.15, 0.2) is 59.7 Å². The van der Waals surface area contributed by atoms with Crippen molar-refractivity contribution in [3.63, 3.8) is 0 Å². The average Bonchev–Trinajstić information content (AvgIpc) is 2.47. The molecule has 0 saturated heterocycles. The Balaban J connectivity index is 1.97. The Morgan fingerprint density at radius 1 is 1.00 bits per heavy atom. The molecule has 1 N–H and O–H groups in total. The van der Waals surface area contributed by atoms with Gasteiger partial charge in [-0.1, -0.05) is 30.3 Å². The largest absolute Gasteiger partial charge is 0.416 e. The highest BCUT2D eigenvalue weighted by Crippen LogP contribution is 2.28. The second-order valence-electron chi connectivity index (χ2n) is 4.18. The van der Waals surface area contributed by atoms with Crippen LogP contribution in [-0.4, -0.2) is 12.1 Å². The second kappa shape index (κ2) is 6.21. The Bertz CT molecular complexity index is 634. The molecule has 108 valence electrons. The molecule has 0 aromatic heterocycles. The summed E-state index contributed by atoms with van der Waals surface area (Å²) in [5, 5.41) is 3.70. The maximum absolute atomic E-state index is 12.4. The van der Waals surface area contributed by atoms with Gasteiger partial charge in [0.2, 0.25) is 0 Å². The van der Waals surface area contributed by atoms with E-state index in [0.717, 1.165) is 12.1 Å². The maximum Gasteiger partial charge on any atom is 0.416 e. The molecule has 0 atom stereocenters. The summed E-state index contributed by atoms with van der Waals surface area (Å²) in [6.45, 7) is 0. The predicted molar refractivity (Wildman–Crippen MR) is 72.9 cm³/mol. The van der Waals surface area contributed by atoms with Crippen LogP contribution in [0.2, 0.25) is 0 Å². The van der Waals surface area contributed by atoms with Crippen molar-refractivity contribution in [3.05, 3.63) is 71.3 Å². The second-order valence-corrected chi connectivity index (χ2v) is 4.18. The van der Waals surface area contributed by atoms with Crippen molar-refractivity contribution < 1.29 is 18.0 Å². The van der Waals surface area contributed by atoms with E-state index in [1.54, 1.807) is 30.3 Å². The maximum atomic E-state index is 12.4. The van der Waals surface area contributed by atoms with Crippen LogP contribution in [0.25, 0.3) is 0 Å². The number of rotatable bonds is 3. The Kier molecular flexibility index (Phi) is 4.37. The van der Waals surface area contributed by atoms with Gasteiger partial charge in [-0.15, -0.1) is 0 Å². The quantitative estimate of drug-likeness (QED) is 0.683. The molecule has 0 fully saturated rings. The number of alkyl halides is 3. The summed E-state index contributed by atoms with van der Waals surface area (Å²) < 4.78 is 37.1. The van der Waals surface area contributed by atoms with Gasteiger partial charge in [-0.3, -0.25) is 4.79 Å². The van der Waals surface area contributed by atoms with Gasteiger partial charge >= 0.3 is 6.18 Å². The van der Waals surface area contributed by atoms with E-state index in [-0.39, 0.29) is 0 Å². The zero-order valence-electron chi connectivity index (χ0n) is 10.8. The summed E-state index contributed by atoms with van der Waals surface area (Å²) in [7, 11) is 0. The summed E-state index contributed by atoms with van der Waals surface area (Å²) in [4.78, 5) is 11.6. The van der Waals surface area contributed by atoms with Crippen LogP contribution >= 0.6 is 0 Å². The Morgan fingerprint density at radius 2 is 1.62 bits per heavy atom. The number of carbonyl (C=O) groups is 1. The van der Waals surface area contributed by atoms with Crippen molar-refractivity contribution in [1.29, 1.82) is 0 Å². The number of benzene rings is 2. The molecule has 2 rings (SSSR count). The first-order chi connectivity index (χ1) is 9.97. The minimum absolute atomic E-state index is 0.390. The van der Waals surface area contributed by atoms with E-state index in [1.165, 1.54) is 18.3 Å². The van der Waals surface area contributed by atoms with E-state index in [9.17, 15) is 18.0 Å².